The van der Waals surface area contributed by atoms with Gasteiger partial charge in [-0.25, -0.2) is 0 Å². The van der Waals surface area contributed by atoms with Gasteiger partial charge in [-0.15, -0.1) is 10.2 Å². The van der Waals surface area contributed by atoms with Gasteiger partial charge in [0.05, 0.1) is 0 Å². The number of amides is 2. The van der Waals surface area contributed by atoms with Gasteiger partial charge in [-0.05, 0) is 48.6 Å². The first kappa shape index (κ1) is 19.3. The van der Waals surface area contributed by atoms with Crippen molar-refractivity contribution < 1.29 is 18.7 Å². The number of benzene rings is 1. The molecule has 1 aliphatic heterocycles. The SMILES string of the molecule is O=C(CCc1nnc(-c2ccsc2)o1)Nc1ccc(NC(=O)[C@H]2CCCO2)cc1. The molecule has 0 saturated carbocycles. The molecule has 2 aromatic heterocycles. The van der Waals surface area contributed by atoms with Gasteiger partial charge in [0.25, 0.3) is 5.91 Å². The number of anilines is 2. The molecule has 1 aromatic carbocycles. The van der Waals surface area contributed by atoms with Crippen LogP contribution in [0.4, 0.5) is 11.4 Å². The lowest BCUT2D eigenvalue weighted by atomic mass is 10.2. The minimum absolute atomic E-state index is 0.138. The highest BCUT2D eigenvalue weighted by atomic mass is 32.1. The molecule has 9 heteroatoms. The van der Waals surface area contributed by atoms with E-state index in [2.05, 4.69) is 20.8 Å². The first-order valence-corrected chi connectivity index (χ1v) is 10.3. The standard InChI is InChI=1S/C20H20N4O4S/c25-17(7-8-18-23-24-20(28-18)13-9-11-29-12-13)21-14-3-5-15(6-4-14)22-19(26)16-2-1-10-27-16/h3-6,9,11-12,16H,1-2,7-8,10H2,(H,21,25)(H,22,26)/t16-/m1/s1. The normalized spacial score (nSPS) is 15.9. The van der Waals surface area contributed by atoms with Gasteiger partial charge < -0.3 is 19.8 Å². The van der Waals surface area contributed by atoms with E-state index in [1.54, 1.807) is 35.6 Å². The van der Waals surface area contributed by atoms with Crippen LogP contribution in [0.25, 0.3) is 11.5 Å². The van der Waals surface area contributed by atoms with Crippen molar-refractivity contribution in [3.8, 4) is 11.5 Å². The van der Waals surface area contributed by atoms with Crippen LogP contribution in [0.2, 0.25) is 0 Å². The first-order valence-electron chi connectivity index (χ1n) is 9.35. The predicted octanol–water partition coefficient (Wildman–Crippen LogP) is 3.49. The summed E-state index contributed by atoms with van der Waals surface area (Å²) in [6.45, 7) is 0.627. The van der Waals surface area contributed by atoms with Crippen LogP contribution in [0.1, 0.15) is 25.2 Å². The Morgan fingerprint density at radius 1 is 1.10 bits per heavy atom. The molecule has 0 spiro atoms. The molecule has 0 unspecified atom stereocenters. The molecule has 2 N–H and O–H groups in total. The average Bonchev–Trinajstić information content (AvgIpc) is 3.50. The summed E-state index contributed by atoms with van der Waals surface area (Å²) in [5.74, 6) is 0.591. The van der Waals surface area contributed by atoms with E-state index >= 15 is 0 Å². The molecule has 3 heterocycles. The Morgan fingerprint density at radius 2 is 1.90 bits per heavy atom. The maximum absolute atomic E-state index is 12.2. The number of aryl methyl sites for hydroxylation is 1. The van der Waals surface area contributed by atoms with Crippen LogP contribution in [0.3, 0.4) is 0 Å². The van der Waals surface area contributed by atoms with Crippen LogP contribution < -0.4 is 10.6 Å². The molecule has 1 saturated heterocycles. The number of nitrogens with one attached hydrogen (secondary N) is 2. The summed E-state index contributed by atoms with van der Waals surface area (Å²) >= 11 is 1.55. The number of hydrogen-bond donors (Lipinski definition) is 2. The van der Waals surface area contributed by atoms with Crippen LogP contribution in [-0.4, -0.2) is 34.7 Å². The first-order chi connectivity index (χ1) is 14.2. The second-order valence-electron chi connectivity index (χ2n) is 6.63. The Labute approximate surface area is 171 Å². The Bertz CT molecular complexity index is 963. The Hall–Kier alpha value is -3.04. The van der Waals surface area contributed by atoms with Gasteiger partial charge in [0, 0.05) is 41.8 Å². The van der Waals surface area contributed by atoms with Crippen LogP contribution in [0, 0.1) is 0 Å². The zero-order valence-corrected chi connectivity index (χ0v) is 16.4. The van der Waals surface area contributed by atoms with E-state index in [-0.39, 0.29) is 24.3 Å². The smallest absolute Gasteiger partial charge is 0.253 e. The lowest BCUT2D eigenvalue weighted by Crippen LogP contribution is -2.26. The van der Waals surface area contributed by atoms with Gasteiger partial charge in [0.1, 0.15) is 6.10 Å². The molecule has 0 radical (unpaired) electrons. The van der Waals surface area contributed by atoms with Crippen LogP contribution in [-0.2, 0) is 20.7 Å². The Kier molecular flexibility index (Phi) is 5.97. The van der Waals surface area contributed by atoms with E-state index in [4.69, 9.17) is 9.15 Å². The molecular formula is C20H20N4O4S. The van der Waals surface area contributed by atoms with Gasteiger partial charge in [-0.2, -0.15) is 11.3 Å². The zero-order chi connectivity index (χ0) is 20.1. The quantitative estimate of drug-likeness (QED) is 0.615. The third-order valence-electron chi connectivity index (χ3n) is 4.46. The topological polar surface area (TPSA) is 106 Å². The largest absolute Gasteiger partial charge is 0.421 e. The minimum Gasteiger partial charge on any atom is -0.421 e. The van der Waals surface area contributed by atoms with E-state index in [9.17, 15) is 9.59 Å². The second kappa shape index (κ2) is 8.97. The van der Waals surface area contributed by atoms with Crippen LogP contribution >= 0.6 is 11.3 Å². The van der Waals surface area contributed by atoms with Crippen molar-refractivity contribution in [1.82, 2.24) is 10.2 Å². The number of thiophene rings is 1. The molecule has 0 aliphatic carbocycles. The number of ether oxygens (including phenoxy) is 1. The molecule has 1 atom stereocenters. The number of aromatic nitrogens is 2. The molecule has 4 rings (SSSR count). The predicted molar refractivity (Wildman–Crippen MR) is 109 cm³/mol. The highest BCUT2D eigenvalue weighted by Crippen LogP contribution is 2.21. The molecule has 8 nitrogen and oxygen atoms in total. The maximum Gasteiger partial charge on any atom is 0.253 e. The fourth-order valence-corrected chi connectivity index (χ4v) is 3.58. The lowest BCUT2D eigenvalue weighted by molar-refractivity contribution is -0.124. The van der Waals surface area contributed by atoms with E-state index in [0.29, 0.717) is 36.2 Å². The molecule has 29 heavy (non-hydrogen) atoms. The molecule has 0 bridgehead atoms. The maximum atomic E-state index is 12.2. The van der Waals surface area contributed by atoms with E-state index < -0.39 is 0 Å². The summed E-state index contributed by atoms with van der Waals surface area (Å²) in [5.41, 5.74) is 2.19. The van der Waals surface area contributed by atoms with Gasteiger partial charge in [0.15, 0.2) is 0 Å². The monoisotopic (exact) mass is 412 g/mol. The number of carbonyl (C=O) groups is 2. The number of nitrogens with zero attached hydrogens (tertiary/aromatic N) is 2. The number of carbonyl (C=O) groups excluding carboxylic acids is 2. The molecule has 2 amide bonds. The van der Waals surface area contributed by atoms with E-state index in [0.717, 1.165) is 18.4 Å². The second-order valence-corrected chi connectivity index (χ2v) is 7.41. The van der Waals surface area contributed by atoms with Gasteiger partial charge in [-0.1, -0.05) is 0 Å². The van der Waals surface area contributed by atoms with E-state index in [1.807, 2.05) is 16.8 Å². The summed E-state index contributed by atoms with van der Waals surface area (Å²) in [5, 5.41) is 17.5. The molecule has 3 aromatic rings. The zero-order valence-electron chi connectivity index (χ0n) is 15.6. The van der Waals surface area contributed by atoms with Crippen molar-refractivity contribution in [2.75, 3.05) is 17.2 Å². The molecule has 1 aliphatic rings. The fraction of sp³-hybridized carbons (Fsp3) is 0.300. The summed E-state index contributed by atoms with van der Waals surface area (Å²) in [4.78, 5) is 24.2. The minimum atomic E-state index is -0.376. The Balaban J connectivity index is 1.24. The third-order valence-corrected chi connectivity index (χ3v) is 5.14. The van der Waals surface area contributed by atoms with Crippen molar-refractivity contribution in [3.63, 3.8) is 0 Å². The molecular weight excluding hydrogens is 392 g/mol. The summed E-state index contributed by atoms with van der Waals surface area (Å²) in [7, 11) is 0. The summed E-state index contributed by atoms with van der Waals surface area (Å²) in [6, 6.07) is 8.87. The van der Waals surface area contributed by atoms with Crippen molar-refractivity contribution in [2.45, 2.75) is 31.8 Å². The summed E-state index contributed by atoms with van der Waals surface area (Å²) < 4.78 is 10.9. The average molecular weight is 412 g/mol. The molecule has 1 fully saturated rings. The lowest BCUT2D eigenvalue weighted by Gasteiger charge is -2.11. The van der Waals surface area contributed by atoms with Crippen LogP contribution in [0.15, 0.2) is 45.5 Å². The number of rotatable bonds is 7. The van der Waals surface area contributed by atoms with Gasteiger partial charge in [-0.3, -0.25) is 9.59 Å². The van der Waals surface area contributed by atoms with Crippen LogP contribution in [0.5, 0.6) is 0 Å². The van der Waals surface area contributed by atoms with Crippen molar-refractivity contribution in [3.05, 3.63) is 47.0 Å². The highest BCUT2D eigenvalue weighted by Gasteiger charge is 2.23. The number of hydrogen-bond acceptors (Lipinski definition) is 7. The van der Waals surface area contributed by atoms with Crippen molar-refractivity contribution >= 4 is 34.5 Å². The molecule has 150 valence electrons. The van der Waals surface area contributed by atoms with Gasteiger partial charge >= 0.3 is 0 Å². The van der Waals surface area contributed by atoms with Crippen molar-refractivity contribution in [1.29, 1.82) is 0 Å². The summed E-state index contributed by atoms with van der Waals surface area (Å²) in [6.07, 6.45) is 1.86. The van der Waals surface area contributed by atoms with E-state index in [1.165, 1.54) is 0 Å². The fourth-order valence-electron chi connectivity index (χ4n) is 2.95. The van der Waals surface area contributed by atoms with Gasteiger partial charge in [0.2, 0.25) is 17.7 Å². The highest BCUT2D eigenvalue weighted by molar-refractivity contribution is 7.08. The third kappa shape index (κ3) is 5.07. The van der Waals surface area contributed by atoms with Crippen molar-refractivity contribution in [2.24, 2.45) is 0 Å². The Morgan fingerprint density at radius 3 is 2.59 bits per heavy atom.